The highest BCUT2D eigenvalue weighted by atomic mass is 16.7. The minimum Gasteiger partial charge on any atom is -0.394 e. The van der Waals surface area contributed by atoms with Crippen molar-refractivity contribution in [3.05, 3.63) is 0 Å². The Morgan fingerprint density at radius 1 is 1.08 bits per heavy atom. The van der Waals surface area contributed by atoms with Gasteiger partial charge in [-0.1, -0.05) is 27.2 Å². The second-order valence-electron chi connectivity index (χ2n) is 17.6. The molecule has 5 saturated carbocycles. The van der Waals surface area contributed by atoms with Crippen LogP contribution in [0, 0.1) is 58.7 Å². The fourth-order valence-electron chi connectivity index (χ4n) is 11.5. The lowest BCUT2D eigenvalue weighted by Gasteiger charge is -2.62. The van der Waals surface area contributed by atoms with E-state index in [0.29, 0.717) is 48.1 Å². The molecule has 280 valence electrons. The SMILES string of the molecule is COC1C(CN2O[C@@H](CO)[C@@H]([C@H](C)O)[C@H]2C(=O)N[C@H]2CC3C[C@@H]([C@@H]2C)C3(C)C)CCCC1C1CC2CCOC2C(C(=O)NCCN(C)C)C1. The van der Waals surface area contributed by atoms with E-state index >= 15 is 0 Å². The van der Waals surface area contributed by atoms with Gasteiger partial charge in [-0.2, -0.15) is 5.06 Å². The van der Waals surface area contributed by atoms with Crippen LogP contribution in [0.3, 0.4) is 0 Å². The van der Waals surface area contributed by atoms with Gasteiger partial charge in [0, 0.05) is 51.2 Å². The Morgan fingerprint density at radius 2 is 1.86 bits per heavy atom. The standard InChI is InChI=1S/C38H66N4O7/c1-21-29-17-26(38(29,3)4)18-30(21)40-37(46)33-32(22(2)44)31(20-43)49-42(33)19-24-9-8-10-27(34(24)47-7)25-15-23-11-14-48-35(23)28(16-25)36(45)39-12-13-41(5)6/h21-35,43-44H,8-20H2,1-7H3,(H,39,45)(H,40,46)/t21-,22-,23?,24?,25?,26?,27?,28?,29-,30-,31-,32+,33-,34?,35?/m0/s1. The van der Waals surface area contributed by atoms with Gasteiger partial charge in [0.15, 0.2) is 0 Å². The molecule has 7 aliphatic rings. The van der Waals surface area contributed by atoms with Crippen molar-refractivity contribution < 1.29 is 34.1 Å². The van der Waals surface area contributed by atoms with Crippen LogP contribution >= 0.6 is 0 Å². The number of likely N-dealkylation sites (N-methyl/N-ethyl adjacent to an activating group) is 1. The van der Waals surface area contributed by atoms with Crippen molar-refractivity contribution in [1.29, 1.82) is 0 Å². The summed E-state index contributed by atoms with van der Waals surface area (Å²) in [5.74, 6) is 2.02. The molecule has 11 nitrogen and oxygen atoms in total. The lowest BCUT2D eigenvalue weighted by atomic mass is 9.45. The maximum Gasteiger partial charge on any atom is 0.240 e. The first kappa shape index (κ1) is 37.4. The number of aliphatic hydroxyl groups excluding tert-OH is 2. The second kappa shape index (κ2) is 15.3. The predicted octanol–water partition coefficient (Wildman–Crippen LogP) is 2.69. The molecular weight excluding hydrogens is 624 g/mol. The molecule has 0 aromatic carbocycles. The summed E-state index contributed by atoms with van der Waals surface area (Å²) < 4.78 is 12.5. The Morgan fingerprint density at radius 3 is 2.51 bits per heavy atom. The van der Waals surface area contributed by atoms with Gasteiger partial charge >= 0.3 is 0 Å². The van der Waals surface area contributed by atoms with Crippen LogP contribution in [0.1, 0.15) is 79.1 Å². The first-order valence-corrected chi connectivity index (χ1v) is 19.4. The average molecular weight is 691 g/mol. The lowest BCUT2D eigenvalue weighted by Crippen LogP contribution is -2.62. The lowest BCUT2D eigenvalue weighted by molar-refractivity contribution is -0.193. The molecule has 0 spiro atoms. The number of carbonyl (C=O) groups excluding carboxylic acids is 2. The third kappa shape index (κ3) is 7.33. The third-order valence-electron chi connectivity index (χ3n) is 14.4. The van der Waals surface area contributed by atoms with Gasteiger partial charge in [-0.15, -0.1) is 0 Å². The molecule has 7 fully saturated rings. The van der Waals surface area contributed by atoms with Gasteiger partial charge in [0.25, 0.3) is 0 Å². The first-order valence-electron chi connectivity index (χ1n) is 19.4. The zero-order chi connectivity index (χ0) is 35.2. The van der Waals surface area contributed by atoms with Crippen molar-refractivity contribution in [3.8, 4) is 0 Å². The van der Waals surface area contributed by atoms with Crippen LogP contribution in [0.4, 0.5) is 0 Å². The highest BCUT2D eigenvalue weighted by molar-refractivity contribution is 5.83. The van der Waals surface area contributed by atoms with Crippen LogP contribution in [0.15, 0.2) is 0 Å². The number of methoxy groups -OCH3 is 1. The number of fused-ring (bicyclic) bond motifs is 3. The molecule has 2 heterocycles. The summed E-state index contributed by atoms with van der Waals surface area (Å²) in [7, 11) is 5.83. The number of nitrogens with zero attached hydrogens (tertiary/aromatic N) is 2. The summed E-state index contributed by atoms with van der Waals surface area (Å²) in [6.45, 7) is 11.1. The minimum absolute atomic E-state index is 0.00932. The van der Waals surface area contributed by atoms with Crippen LogP contribution in [-0.4, -0.2) is 123 Å². The van der Waals surface area contributed by atoms with E-state index in [-0.39, 0.29) is 54.4 Å². The number of hydrogen-bond acceptors (Lipinski definition) is 9. The van der Waals surface area contributed by atoms with E-state index in [2.05, 4.69) is 36.3 Å². The van der Waals surface area contributed by atoms with E-state index in [1.807, 2.05) is 14.1 Å². The monoisotopic (exact) mass is 690 g/mol. The number of rotatable bonds is 12. The van der Waals surface area contributed by atoms with E-state index in [1.165, 1.54) is 6.42 Å². The van der Waals surface area contributed by atoms with Gasteiger partial charge in [0.2, 0.25) is 11.8 Å². The van der Waals surface area contributed by atoms with Crippen LogP contribution < -0.4 is 10.6 Å². The van der Waals surface area contributed by atoms with Gasteiger partial charge in [0.05, 0.1) is 30.8 Å². The zero-order valence-corrected chi connectivity index (χ0v) is 31.2. The van der Waals surface area contributed by atoms with Gasteiger partial charge in [-0.3, -0.25) is 14.4 Å². The highest BCUT2D eigenvalue weighted by Crippen LogP contribution is 2.61. The number of aliphatic hydroxyl groups is 2. The molecule has 2 amide bonds. The smallest absolute Gasteiger partial charge is 0.240 e. The Labute approximate surface area is 294 Å². The summed E-state index contributed by atoms with van der Waals surface area (Å²) in [6, 6.07) is -0.600. The number of ether oxygens (including phenoxy) is 2. The molecule has 4 N–H and O–H groups in total. The van der Waals surface area contributed by atoms with E-state index < -0.39 is 24.2 Å². The molecule has 49 heavy (non-hydrogen) atoms. The summed E-state index contributed by atoms with van der Waals surface area (Å²) in [4.78, 5) is 36.2. The summed E-state index contributed by atoms with van der Waals surface area (Å²) in [6.07, 6.45) is 6.55. The van der Waals surface area contributed by atoms with Crippen molar-refractivity contribution in [2.75, 3.05) is 54.1 Å². The normalized spacial score (nSPS) is 43.9. The van der Waals surface area contributed by atoms with Crippen LogP contribution in [-0.2, 0) is 23.9 Å². The minimum atomic E-state index is -0.823. The highest BCUT2D eigenvalue weighted by Gasteiger charge is 2.58. The number of carbonyl (C=O) groups is 2. The fourth-order valence-corrected chi connectivity index (χ4v) is 11.5. The molecule has 2 aliphatic heterocycles. The van der Waals surface area contributed by atoms with Crippen molar-refractivity contribution in [2.45, 2.75) is 116 Å². The van der Waals surface area contributed by atoms with E-state index in [0.717, 1.165) is 58.1 Å². The van der Waals surface area contributed by atoms with E-state index in [1.54, 1.807) is 19.1 Å². The molecule has 2 bridgehead atoms. The van der Waals surface area contributed by atoms with Crippen LogP contribution in [0.5, 0.6) is 0 Å². The molecule has 0 aromatic rings. The molecule has 2 saturated heterocycles. The number of nitrogens with one attached hydrogen (secondary N) is 2. The van der Waals surface area contributed by atoms with Crippen molar-refractivity contribution in [1.82, 2.24) is 20.6 Å². The predicted molar refractivity (Wildman–Crippen MR) is 186 cm³/mol. The second-order valence-corrected chi connectivity index (χ2v) is 17.6. The van der Waals surface area contributed by atoms with Gasteiger partial charge in [-0.25, -0.2) is 0 Å². The van der Waals surface area contributed by atoms with E-state index in [4.69, 9.17) is 14.3 Å². The zero-order valence-electron chi connectivity index (χ0n) is 31.2. The third-order valence-corrected chi connectivity index (χ3v) is 14.4. The number of hydroxylamine groups is 2. The van der Waals surface area contributed by atoms with Gasteiger partial charge in [-0.05, 0) is 107 Å². The summed E-state index contributed by atoms with van der Waals surface area (Å²) >= 11 is 0. The van der Waals surface area contributed by atoms with Gasteiger partial charge < -0.3 is 35.2 Å². The molecule has 8 unspecified atom stereocenters. The molecule has 0 radical (unpaired) electrons. The molecule has 15 atom stereocenters. The average Bonchev–Trinajstić information content (AvgIpc) is 3.69. The molecule has 11 heteroatoms. The molecule has 7 rings (SSSR count). The van der Waals surface area contributed by atoms with Crippen LogP contribution in [0.25, 0.3) is 0 Å². The quantitative estimate of drug-likeness (QED) is 0.244. The molecule has 5 aliphatic carbocycles. The first-order chi connectivity index (χ1) is 23.3. The van der Waals surface area contributed by atoms with Gasteiger partial charge in [0.1, 0.15) is 12.1 Å². The Bertz CT molecular complexity index is 1150. The summed E-state index contributed by atoms with van der Waals surface area (Å²) in [5, 5.41) is 29.7. The van der Waals surface area contributed by atoms with Crippen molar-refractivity contribution in [2.24, 2.45) is 58.7 Å². The maximum atomic E-state index is 14.2. The van der Waals surface area contributed by atoms with E-state index in [9.17, 15) is 19.8 Å². The Balaban J connectivity index is 1.16. The number of hydrogen-bond donors (Lipinski definition) is 4. The molecule has 0 aromatic heterocycles. The maximum absolute atomic E-state index is 14.2. The largest absolute Gasteiger partial charge is 0.394 e. The van der Waals surface area contributed by atoms with Crippen LogP contribution in [0.2, 0.25) is 0 Å². The van der Waals surface area contributed by atoms with Crippen molar-refractivity contribution >= 4 is 11.8 Å². The Hall–Kier alpha value is -1.34. The summed E-state index contributed by atoms with van der Waals surface area (Å²) in [5.41, 5.74) is 0.319. The Kier molecular flexibility index (Phi) is 11.7. The van der Waals surface area contributed by atoms with Crippen molar-refractivity contribution in [3.63, 3.8) is 0 Å². The fraction of sp³-hybridized carbons (Fsp3) is 0.947. The number of amides is 2. The topological polar surface area (TPSA) is 133 Å². The molecular formula is C38H66N4O7.